The molecule has 1 rings (SSSR count). The summed E-state index contributed by atoms with van der Waals surface area (Å²) in [5, 5.41) is 0. The molecule has 19 heavy (non-hydrogen) atoms. The van der Waals surface area contributed by atoms with E-state index in [9.17, 15) is 4.79 Å². The molecule has 0 radical (unpaired) electrons. The molecule has 106 valence electrons. The van der Waals surface area contributed by atoms with Gasteiger partial charge in [-0.2, -0.15) is 0 Å². The quantitative estimate of drug-likeness (QED) is 0.782. The van der Waals surface area contributed by atoms with Gasteiger partial charge in [-0.25, -0.2) is 0 Å². The highest BCUT2D eigenvalue weighted by Gasteiger charge is 2.23. The van der Waals surface area contributed by atoms with Crippen LogP contribution in [-0.4, -0.2) is 19.0 Å². The first-order valence-electron chi connectivity index (χ1n) is 7.31. The molecular formula is C16H26N2O. The van der Waals surface area contributed by atoms with Gasteiger partial charge in [0.1, 0.15) is 0 Å². The van der Waals surface area contributed by atoms with Gasteiger partial charge in [-0.3, -0.25) is 4.79 Å². The molecule has 1 aromatic carbocycles. The number of unbranched alkanes of at least 4 members (excludes halogenated alkanes) is 1. The molecule has 1 amide bonds. The van der Waals surface area contributed by atoms with Gasteiger partial charge in [-0.1, -0.05) is 44.9 Å². The fraction of sp³-hybridized carbons (Fsp3) is 0.562. The molecule has 2 N–H and O–H groups in total. The van der Waals surface area contributed by atoms with E-state index in [0.29, 0.717) is 6.54 Å². The fourth-order valence-electron chi connectivity index (χ4n) is 2.20. The van der Waals surface area contributed by atoms with Crippen molar-refractivity contribution < 1.29 is 4.79 Å². The van der Waals surface area contributed by atoms with Crippen molar-refractivity contribution >= 4 is 11.6 Å². The Morgan fingerprint density at radius 2 is 1.89 bits per heavy atom. The van der Waals surface area contributed by atoms with E-state index in [2.05, 4.69) is 13.8 Å². The third-order valence-electron chi connectivity index (χ3n) is 3.34. The Bertz CT molecular complexity index is 364. The van der Waals surface area contributed by atoms with Crippen LogP contribution in [0.2, 0.25) is 0 Å². The molecule has 3 nitrogen and oxygen atoms in total. The van der Waals surface area contributed by atoms with Gasteiger partial charge in [0.25, 0.3) is 0 Å². The molecule has 0 fully saturated rings. The lowest BCUT2D eigenvalue weighted by molar-refractivity contribution is -0.122. The van der Waals surface area contributed by atoms with E-state index >= 15 is 0 Å². The molecule has 0 spiro atoms. The Hall–Kier alpha value is -1.35. The summed E-state index contributed by atoms with van der Waals surface area (Å²) in [6.07, 6.45) is 3.95. The monoisotopic (exact) mass is 262 g/mol. The van der Waals surface area contributed by atoms with Crippen molar-refractivity contribution in [1.82, 2.24) is 0 Å². The second-order valence-corrected chi connectivity index (χ2v) is 4.90. The number of para-hydroxylation sites is 1. The van der Waals surface area contributed by atoms with Crippen LogP contribution < -0.4 is 10.6 Å². The molecule has 0 saturated heterocycles. The molecule has 1 unspecified atom stereocenters. The van der Waals surface area contributed by atoms with Gasteiger partial charge >= 0.3 is 0 Å². The zero-order valence-electron chi connectivity index (χ0n) is 12.1. The average Bonchev–Trinajstić information content (AvgIpc) is 2.46. The lowest BCUT2D eigenvalue weighted by Crippen LogP contribution is -2.39. The minimum Gasteiger partial charge on any atom is -0.330 e. The van der Waals surface area contributed by atoms with Crippen molar-refractivity contribution in [2.24, 2.45) is 11.7 Å². The van der Waals surface area contributed by atoms with E-state index in [1.165, 1.54) is 0 Å². The van der Waals surface area contributed by atoms with Crippen LogP contribution in [-0.2, 0) is 4.79 Å². The van der Waals surface area contributed by atoms with Crippen molar-refractivity contribution in [2.45, 2.75) is 39.5 Å². The van der Waals surface area contributed by atoms with Gasteiger partial charge < -0.3 is 10.6 Å². The smallest absolute Gasteiger partial charge is 0.231 e. The summed E-state index contributed by atoms with van der Waals surface area (Å²) in [5.41, 5.74) is 6.74. The zero-order valence-corrected chi connectivity index (χ0v) is 12.1. The second-order valence-electron chi connectivity index (χ2n) is 4.90. The highest BCUT2D eigenvalue weighted by molar-refractivity contribution is 5.95. The van der Waals surface area contributed by atoms with E-state index in [0.717, 1.165) is 37.9 Å². The Labute approximate surface area is 116 Å². The van der Waals surface area contributed by atoms with Crippen LogP contribution >= 0.6 is 0 Å². The number of rotatable bonds is 8. The maximum Gasteiger partial charge on any atom is 0.231 e. The Morgan fingerprint density at radius 3 is 2.42 bits per heavy atom. The van der Waals surface area contributed by atoms with Gasteiger partial charge in [0.2, 0.25) is 5.91 Å². The number of nitrogens with two attached hydrogens (primary N) is 1. The van der Waals surface area contributed by atoms with Crippen LogP contribution in [0.25, 0.3) is 0 Å². The summed E-state index contributed by atoms with van der Waals surface area (Å²) in [7, 11) is 0. The first-order chi connectivity index (χ1) is 9.24. The molecule has 0 heterocycles. The predicted molar refractivity (Wildman–Crippen MR) is 81.2 cm³/mol. The molecule has 1 aromatic rings. The summed E-state index contributed by atoms with van der Waals surface area (Å²) in [4.78, 5) is 14.5. The highest BCUT2D eigenvalue weighted by Crippen LogP contribution is 2.19. The van der Waals surface area contributed by atoms with Gasteiger partial charge in [-0.15, -0.1) is 0 Å². The average molecular weight is 262 g/mol. The first-order valence-corrected chi connectivity index (χ1v) is 7.31. The van der Waals surface area contributed by atoms with Crippen LogP contribution in [0.5, 0.6) is 0 Å². The number of carbonyl (C=O) groups excluding carboxylic acids is 1. The van der Waals surface area contributed by atoms with E-state index < -0.39 is 0 Å². The lowest BCUT2D eigenvalue weighted by atomic mass is 10.0. The van der Waals surface area contributed by atoms with Crippen molar-refractivity contribution in [3.63, 3.8) is 0 Å². The van der Waals surface area contributed by atoms with Gasteiger partial charge in [0.05, 0.1) is 5.92 Å². The molecule has 3 heteroatoms. The number of benzene rings is 1. The van der Waals surface area contributed by atoms with Gasteiger partial charge in [0, 0.05) is 18.8 Å². The van der Waals surface area contributed by atoms with Crippen LogP contribution in [0.15, 0.2) is 30.3 Å². The van der Waals surface area contributed by atoms with Crippen molar-refractivity contribution in [3.8, 4) is 0 Å². The Morgan fingerprint density at radius 1 is 1.21 bits per heavy atom. The van der Waals surface area contributed by atoms with Crippen LogP contribution in [0.3, 0.4) is 0 Å². The minimum absolute atomic E-state index is 0.0536. The minimum atomic E-state index is -0.0536. The predicted octanol–water partition coefficient (Wildman–Crippen LogP) is 3.19. The largest absolute Gasteiger partial charge is 0.330 e. The van der Waals surface area contributed by atoms with Crippen LogP contribution in [0.4, 0.5) is 5.69 Å². The molecule has 0 aliphatic heterocycles. The standard InChI is InChI=1S/C16H26N2O/c1-3-5-12-18(15-10-7-6-8-11-15)16(19)14(13-17)9-4-2/h6-8,10-11,14H,3-5,9,12-13,17H2,1-2H3. The fourth-order valence-corrected chi connectivity index (χ4v) is 2.20. The summed E-state index contributed by atoms with van der Waals surface area (Å²) >= 11 is 0. The number of carbonyl (C=O) groups is 1. The zero-order chi connectivity index (χ0) is 14.1. The molecule has 1 atom stereocenters. The summed E-state index contributed by atoms with van der Waals surface area (Å²) in [5.74, 6) is 0.117. The van der Waals surface area contributed by atoms with Gasteiger partial charge in [0.15, 0.2) is 0 Å². The number of hydrogen-bond acceptors (Lipinski definition) is 2. The first kappa shape index (κ1) is 15.7. The maximum atomic E-state index is 12.6. The lowest BCUT2D eigenvalue weighted by Gasteiger charge is -2.27. The van der Waals surface area contributed by atoms with Crippen LogP contribution in [0.1, 0.15) is 39.5 Å². The van der Waals surface area contributed by atoms with E-state index in [1.54, 1.807) is 0 Å². The van der Waals surface area contributed by atoms with Crippen molar-refractivity contribution in [3.05, 3.63) is 30.3 Å². The van der Waals surface area contributed by atoms with Crippen LogP contribution in [0, 0.1) is 5.92 Å². The summed E-state index contributed by atoms with van der Waals surface area (Å²) in [6.45, 7) is 5.44. The van der Waals surface area contributed by atoms with E-state index in [1.807, 2.05) is 35.2 Å². The van der Waals surface area contributed by atoms with Crippen molar-refractivity contribution in [2.75, 3.05) is 18.0 Å². The van der Waals surface area contributed by atoms with Gasteiger partial charge in [-0.05, 0) is 25.0 Å². The van der Waals surface area contributed by atoms with Crippen molar-refractivity contribution in [1.29, 1.82) is 0 Å². The molecule has 0 saturated carbocycles. The number of hydrogen-bond donors (Lipinski definition) is 1. The Kier molecular flexibility index (Phi) is 7.19. The number of anilines is 1. The summed E-state index contributed by atoms with van der Waals surface area (Å²) in [6, 6.07) is 9.90. The molecular weight excluding hydrogens is 236 g/mol. The Balaban J connectivity index is 2.86. The normalized spacial score (nSPS) is 12.2. The number of nitrogens with zero attached hydrogens (tertiary/aromatic N) is 1. The maximum absolute atomic E-state index is 12.6. The molecule has 0 aliphatic carbocycles. The summed E-state index contributed by atoms with van der Waals surface area (Å²) < 4.78 is 0. The van der Waals surface area contributed by atoms with E-state index in [4.69, 9.17) is 5.73 Å². The molecule has 0 bridgehead atoms. The molecule has 0 aliphatic rings. The molecule has 0 aromatic heterocycles. The third-order valence-corrected chi connectivity index (χ3v) is 3.34. The third kappa shape index (κ3) is 4.67. The number of amides is 1. The topological polar surface area (TPSA) is 46.3 Å². The SMILES string of the molecule is CCCCN(C(=O)C(CN)CCC)c1ccccc1. The second kappa shape index (κ2) is 8.70. The highest BCUT2D eigenvalue weighted by atomic mass is 16.2. The van der Waals surface area contributed by atoms with E-state index in [-0.39, 0.29) is 11.8 Å².